The SMILES string of the molecule is CCCOC(CN)(Cc1ccccc1)C(=O)O. The second kappa shape index (κ2) is 6.37. The number of carbonyl (C=O) groups is 1. The Hall–Kier alpha value is -1.39. The van der Waals surface area contributed by atoms with Crippen molar-refractivity contribution in [1.29, 1.82) is 0 Å². The molecule has 0 radical (unpaired) electrons. The van der Waals surface area contributed by atoms with Gasteiger partial charge in [-0.15, -0.1) is 0 Å². The molecule has 0 heterocycles. The molecule has 94 valence electrons. The summed E-state index contributed by atoms with van der Waals surface area (Å²) in [6, 6.07) is 9.39. The van der Waals surface area contributed by atoms with Crippen LogP contribution in [0.5, 0.6) is 0 Å². The van der Waals surface area contributed by atoms with E-state index in [1.165, 1.54) is 0 Å². The highest BCUT2D eigenvalue weighted by Gasteiger charge is 2.38. The van der Waals surface area contributed by atoms with E-state index in [1.807, 2.05) is 37.3 Å². The van der Waals surface area contributed by atoms with Crippen LogP contribution in [0.4, 0.5) is 0 Å². The maximum Gasteiger partial charge on any atom is 0.337 e. The van der Waals surface area contributed by atoms with Crippen LogP contribution in [0.25, 0.3) is 0 Å². The fraction of sp³-hybridized carbons (Fsp3) is 0.462. The number of hydrogen-bond acceptors (Lipinski definition) is 3. The van der Waals surface area contributed by atoms with E-state index in [0.29, 0.717) is 13.0 Å². The molecule has 0 saturated heterocycles. The summed E-state index contributed by atoms with van der Waals surface area (Å²) in [5.41, 5.74) is 5.20. The maximum absolute atomic E-state index is 11.4. The Morgan fingerprint density at radius 3 is 2.53 bits per heavy atom. The van der Waals surface area contributed by atoms with Crippen LogP contribution in [0, 0.1) is 0 Å². The van der Waals surface area contributed by atoms with Gasteiger partial charge in [0.2, 0.25) is 0 Å². The average Bonchev–Trinajstić information content (AvgIpc) is 2.35. The number of carboxylic acids is 1. The summed E-state index contributed by atoms with van der Waals surface area (Å²) in [5, 5.41) is 9.31. The van der Waals surface area contributed by atoms with Gasteiger partial charge in [0.05, 0.1) is 0 Å². The number of rotatable bonds is 7. The average molecular weight is 237 g/mol. The fourth-order valence-electron chi connectivity index (χ4n) is 1.63. The summed E-state index contributed by atoms with van der Waals surface area (Å²) >= 11 is 0. The van der Waals surface area contributed by atoms with Gasteiger partial charge in [-0.05, 0) is 12.0 Å². The molecule has 0 spiro atoms. The first-order valence-corrected chi connectivity index (χ1v) is 5.76. The third kappa shape index (κ3) is 3.54. The molecule has 0 aliphatic heterocycles. The number of ether oxygens (including phenoxy) is 1. The largest absolute Gasteiger partial charge is 0.479 e. The molecule has 1 rings (SSSR count). The van der Waals surface area contributed by atoms with Crippen molar-refractivity contribution in [1.82, 2.24) is 0 Å². The van der Waals surface area contributed by atoms with Crippen molar-refractivity contribution >= 4 is 5.97 Å². The lowest BCUT2D eigenvalue weighted by Gasteiger charge is -2.28. The molecular weight excluding hydrogens is 218 g/mol. The van der Waals surface area contributed by atoms with Crippen molar-refractivity contribution in [2.45, 2.75) is 25.4 Å². The Balaban J connectivity index is 2.86. The minimum atomic E-state index is -1.31. The lowest BCUT2D eigenvalue weighted by atomic mass is 9.94. The van der Waals surface area contributed by atoms with E-state index in [0.717, 1.165) is 12.0 Å². The zero-order chi connectivity index (χ0) is 12.7. The van der Waals surface area contributed by atoms with Gasteiger partial charge in [-0.25, -0.2) is 4.79 Å². The van der Waals surface area contributed by atoms with E-state index in [2.05, 4.69) is 0 Å². The van der Waals surface area contributed by atoms with Gasteiger partial charge in [-0.3, -0.25) is 0 Å². The van der Waals surface area contributed by atoms with Gasteiger partial charge in [0, 0.05) is 19.6 Å². The summed E-state index contributed by atoms with van der Waals surface area (Å²) in [6.07, 6.45) is 1.06. The second-order valence-electron chi connectivity index (χ2n) is 4.01. The van der Waals surface area contributed by atoms with E-state index in [-0.39, 0.29) is 6.54 Å². The standard InChI is InChI=1S/C13H19NO3/c1-2-8-17-13(10-14,12(15)16)9-11-6-4-3-5-7-11/h3-7H,2,8-10,14H2,1H3,(H,15,16). The maximum atomic E-state index is 11.4. The quantitative estimate of drug-likeness (QED) is 0.752. The minimum absolute atomic E-state index is 0.0305. The molecule has 4 heteroatoms. The Morgan fingerprint density at radius 1 is 1.41 bits per heavy atom. The Bertz CT molecular complexity index is 353. The monoisotopic (exact) mass is 237 g/mol. The van der Waals surface area contributed by atoms with E-state index in [9.17, 15) is 9.90 Å². The zero-order valence-electron chi connectivity index (χ0n) is 10.1. The minimum Gasteiger partial charge on any atom is -0.479 e. The third-order valence-corrected chi connectivity index (χ3v) is 2.63. The molecule has 0 aliphatic carbocycles. The lowest BCUT2D eigenvalue weighted by Crippen LogP contribution is -2.50. The lowest BCUT2D eigenvalue weighted by molar-refractivity contribution is -0.164. The molecule has 1 unspecified atom stereocenters. The predicted octanol–water partition coefficient (Wildman–Crippen LogP) is 1.44. The van der Waals surface area contributed by atoms with Gasteiger partial charge in [0.15, 0.2) is 5.60 Å². The van der Waals surface area contributed by atoms with Crippen molar-refractivity contribution < 1.29 is 14.6 Å². The van der Waals surface area contributed by atoms with Crippen LogP contribution < -0.4 is 5.73 Å². The van der Waals surface area contributed by atoms with Crippen LogP contribution >= 0.6 is 0 Å². The highest BCUT2D eigenvalue weighted by atomic mass is 16.5. The van der Waals surface area contributed by atoms with Crippen molar-refractivity contribution in [2.24, 2.45) is 5.73 Å². The second-order valence-corrected chi connectivity index (χ2v) is 4.01. The van der Waals surface area contributed by atoms with Gasteiger partial charge < -0.3 is 15.6 Å². The van der Waals surface area contributed by atoms with Crippen molar-refractivity contribution in [3.05, 3.63) is 35.9 Å². The van der Waals surface area contributed by atoms with Crippen LogP contribution in [0.1, 0.15) is 18.9 Å². The van der Waals surface area contributed by atoms with Crippen LogP contribution in [-0.4, -0.2) is 29.8 Å². The first-order chi connectivity index (χ1) is 8.14. The van der Waals surface area contributed by atoms with Crippen LogP contribution in [0.3, 0.4) is 0 Å². The summed E-state index contributed by atoms with van der Waals surface area (Å²) in [7, 11) is 0. The first-order valence-electron chi connectivity index (χ1n) is 5.76. The number of nitrogens with two attached hydrogens (primary N) is 1. The van der Waals surface area contributed by atoms with E-state index in [4.69, 9.17) is 10.5 Å². The van der Waals surface area contributed by atoms with Crippen molar-refractivity contribution in [3.8, 4) is 0 Å². The number of hydrogen-bond donors (Lipinski definition) is 2. The van der Waals surface area contributed by atoms with Crippen LogP contribution in [-0.2, 0) is 16.0 Å². The fourth-order valence-corrected chi connectivity index (χ4v) is 1.63. The van der Waals surface area contributed by atoms with Gasteiger partial charge >= 0.3 is 5.97 Å². The summed E-state index contributed by atoms with van der Waals surface area (Å²) in [4.78, 5) is 11.4. The van der Waals surface area contributed by atoms with Crippen LogP contribution in [0.2, 0.25) is 0 Å². The normalized spacial score (nSPS) is 14.2. The smallest absolute Gasteiger partial charge is 0.337 e. The number of benzene rings is 1. The van der Waals surface area contributed by atoms with Crippen molar-refractivity contribution in [2.75, 3.05) is 13.2 Å². The highest BCUT2D eigenvalue weighted by Crippen LogP contribution is 2.18. The highest BCUT2D eigenvalue weighted by molar-refractivity contribution is 5.78. The van der Waals surface area contributed by atoms with E-state index in [1.54, 1.807) is 0 Å². The molecule has 0 amide bonds. The van der Waals surface area contributed by atoms with E-state index >= 15 is 0 Å². The van der Waals surface area contributed by atoms with Gasteiger partial charge in [-0.2, -0.15) is 0 Å². The summed E-state index contributed by atoms with van der Waals surface area (Å²) < 4.78 is 5.47. The molecule has 17 heavy (non-hydrogen) atoms. The zero-order valence-corrected chi connectivity index (χ0v) is 10.1. The molecule has 1 aromatic rings. The molecule has 0 aliphatic rings. The van der Waals surface area contributed by atoms with Gasteiger partial charge in [-0.1, -0.05) is 37.3 Å². The van der Waals surface area contributed by atoms with Gasteiger partial charge in [0.25, 0.3) is 0 Å². The Morgan fingerprint density at radius 2 is 2.06 bits per heavy atom. The molecule has 0 fully saturated rings. The number of carboxylic acid groups (broad SMARTS) is 1. The molecule has 4 nitrogen and oxygen atoms in total. The topological polar surface area (TPSA) is 72.5 Å². The van der Waals surface area contributed by atoms with Gasteiger partial charge in [0.1, 0.15) is 0 Å². The Labute approximate surface area is 101 Å². The van der Waals surface area contributed by atoms with Crippen molar-refractivity contribution in [3.63, 3.8) is 0 Å². The third-order valence-electron chi connectivity index (χ3n) is 2.63. The summed E-state index contributed by atoms with van der Waals surface area (Å²) in [6.45, 7) is 2.30. The molecule has 3 N–H and O–H groups in total. The van der Waals surface area contributed by atoms with E-state index < -0.39 is 11.6 Å². The Kier molecular flexibility index (Phi) is 5.12. The number of aliphatic carboxylic acids is 1. The molecule has 0 bridgehead atoms. The van der Waals surface area contributed by atoms with Crippen LogP contribution in [0.15, 0.2) is 30.3 Å². The first kappa shape index (κ1) is 13.7. The molecule has 1 aromatic carbocycles. The molecule has 0 aromatic heterocycles. The molecular formula is C13H19NO3. The molecule has 1 atom stereocenters. The summed E-state index contributed by atoms with van der Waals surface area (Å²) in [5.74, 6) is -1.00. The molecule has 0 saturated carbocycles. The predicted molar refractivity (Wildman–Crippen MR) is 65.8 cm³/mol.